The molecule has 0 fully saturated rings. The molecule has 6 nitrogen and oxygen atoms in total. The normalized spacial score (nSPS) is 11.6. The van der Waals surface area contributed by atoms with Crippen LogP contribution in [0.5, 0.6) is 11.5 Å². The van der Waals surface area contributed by atoms with Crippen LogP contribution in [0.25, 0.3) is 0 Å². The number of carbonyl (C=O) groups excluding carboxylic acids is 1. The van der Waals surface area contributed by atoms with Crippen LogP contribution in [0, 0.1) is 0 Å². The van der Waals surface area contributed by atoms with Crippen LogP contribution in [-0.4, -0.2) is 36.7 Å². The number of aliphatic carboxylic acids is 1. The van der Waals surface area contributed by atoms with Crippen LogP contribution in [0.3, 0.4) is 0 Å². The van der Waals surface area contributed by atoms with Gasteiger partial charge in [-0.3, -0.25) is 9.59 Å². The molecular formula is C15H21NO5. The molecule has 0 aliphatic heterocycles. The summed E-state index contributed by atoms with van der Waals surface area (Å²) in [6, 6.07) is 4.60. The molecule has 0 heterocycles. The van der Waals surface area contributed by atoms with Crippen LogP contribution in [0.2, 0.25) is 0 Å². The number of hydrogen-bond donors (Lipinski definition) is 2. The molecular weight excluding hydrogens is 274 g/mol. The Morgan fingerprint density at radius 2 is 2.05 bits per heavy atom. The smallest absolute Gasteiger partial charge is 0.325 e. The lowest BCUT2D eigenvalue weighted by Crippen LogP contribution is -2.38. The number of benzene rings is 1. The Hall–Kier alpha value is -2.24. The van der Waals surface area contributed by atoms with Gasteiger partial charge in [-0.2, -0.15) is 0 Å². The van der Waals surface area contributed by atoms with Gasteiger partial charge in [0.25, 0.3) is 0 Å². The van der Waals surface area contributed by atoms with Gasteiger partial charge in [-0.25, -0.2) is 0 Å². The minimum absolute atomic E-state index is 0.217. The summed E-state index contributed by atoms with van der Waals surface area (Å²) in [5.41, 5.74) is 0.924. The number of rotatable bonds is 8. The molecule has 2 N–H and O–H groups in total. The molecule has 0 aliphatic rings. The number of amides is 1. The molecule has 0 saturated heterocycles. The zero-order valence-corrected chi connectivity index (χ0v) is 12.5. The van der Waals surface area contributed by atoms with Crippen LogP contribution < -0.4 is 14.8 Å². The first-order chi connectivity index (χ1) is 9.97. The molecule has 0 bridgehead atoms. The minimum atomic E-state index is -1.05. The minimum Gasteiger partial charge on any atom is -0.493 e. The first kappa shape index (κ1) is 16.8. The molecule has 1 atom stereocenters. The molecule has 1 aromatic carbocycles. The van der Waals surface area contributed by atoms with Crippen LogP contribution in [0.15, 0.2) is 18.2 Å². The van der Waals surface area contributed by atoms with Gasteiger partial charge in [0.2, 0.25) is 5.91 Å². The SMILES string of the molecule is CCOc1ccc(CCC(=O)NC(C)C(=O)O)cc1OC. The molecule has 0 radical (unpaired) electrons. The molecule has 1 amide bonds. The molecule has 0 aromatic heterocycles. The van der Waals surface area contributed by atoms with E-state index >= 15 is 0 Å². The summed E-state index contributed by atoms with van der Waals surface area (Å²) in [5, 5.41) is 11.1. The average molecular weight is 295 g/mol. The highest BCUT2D eigenvalue weighted by molar-refractivity contribution is 5.83. The second kappa shape index (κ2) is 8.14. The predicted molar refractivity (Wildman–Crippen MR) is 77.7 cm³/mol. The number of ether oxygens (including phenoxy) is 2. The van der Waals surface area contributed by atoms with Crippen molar-refractivity contribution in [2.75, 3.05) is 13.7 Å². The van der Waals surface area contributed by atoms with E-state index in [9.17, 15) is 9.59 Å². The highest BCUT2D eigenvalue weighted by Gasteiger charge is 2.14. The van der Waals surface area contributed by atoms with Gasteiger partial charge >= 0.3 is 5.97 Å². The fourth-order valence-corrected chi connectivity index (χ4v) is 1.78. The van der Waals surface area contributed by atoms with Gasteiger partial charge in [-0.1, -0.05) is 6.07 Å². The lowest BCUT2D eigenvalue weighted by Gasteiger charge is -2.12. The van der Waals surface area contributed by atoms with Gasteiger partial charge in [0, 0.05) is 6.42 Å². The maximum absolute atomic E-state index is 11.6. The van der Waals surface area contributed by atoms with Gasteiger partial charge < -0.3 is 19.9 Å². The second-order valence-corrected chi connectivity index (χ2v) is 4.55. The van der Waals surface area contributed by atoms with Crippen LogP contribution in [-0.2, 0) is 16.0 Å². The fourth-order valence-electron chi connectivity index (χ4n) is 1.78. The Morgan fingerprint density at radius 3 is 2.62 bits per heavy atom. The molecule has 0 saturated carbocycles. The van der Waals surface area contributed by atoms with Crippen molar-refractivity contribution in [2.45, 2.75) is 32.7 Å². The number of carboxylic acid groups (broad SMARTS) is 1. The van der Waals surface area contributed by atoms with Crippen molar-refractivity contribution in [2.24, 2.45) is 0 Å². The third-order valence-electron chi connectivity index (χ3n) is 2.92. The Morgan fingerprint density at radius 1 is 1.33 bits per heavy atom. The molecule has 0 aliphatic carbocycles. The van der Waals surface area contributed by atoms with Crippen LogP contribution in [0.1, 0.15) is 25.8 Å². The van der Waals surface area contributed by atoms with Gasteiger partial charge in [-0.15, -0.1) is 0 Å². The highest BCUT2D eigenvalue weighted by atomic mass is 16.5. The fraction of sp³-hybridized carbons (Fsp3) is 0.467. The first-order valence-corrected chi connectivity index (χ1v) is 6.79. The van der Waals surface area contributed by atoms with E-state index < -0.39 is 12.0 Å². The summed E-state index contributed by atoms with van der Waals surface area (Å²) >= 11 is 0. The predicted octanol–water partition coefficient (Wildman–Crippen LogP) is 1.62. The standard InChI is InChI=1S/C15H21NO5/c1-4-21-12-7-5-11(9-13(12)20-3)6-8-14(17)16-10(2)15(18)19/h5,7,9-10H,4,6,8H2,1-3H3,(H,16,17)(H,18,19). The zero-order chi connectivity index (χ0) is 15.8. The number of methoxy groups -OCH3 is 1. The summed E-state index contributed by atoms with van der Waals surface area (Å²) < 4.78 is 10.7. The molecule has 1 rings (SSSR count). The Kier molecular flexibility index (Phi) is 6.52. The van der Waals surface area contributed by atoms with Gasteiger partial charge in [0.1, 0.15) is 6.04 Å². The van der Waals surface area contributed by atoms with E-state index in [1.807, 2.05) is 19.1 Å². The highest BCUT2D eigenvalue weighted by Crippen LogP contribution is 2.28. The lowest BCUT2D eigenvalue weighted by molar-refractivity contribution is -0.141. The van der Waals surface area contributed by atoms with E-state index in [0.29, 0.717) is 24.5 Å². The summed E-state index contributed by atoms with van der Waals surface area (Å²) in [4.78, 5) is 22.3. The van der Waals surface area contributed by atoms with E-state index in [0.717, 1.165) is 5.56 Å². The summed E-state index contributed by atoms with van der Waals surface area (Å²) in [5.74, 6) is -0.0646. The van der Waals surface area contributed by atoms with Crippen molar-refractivity contribution in [1.29, 1.82) is 0 Å². The number of carbonyl (C=O) groups is 2. The van der Waals surface area contributed by atoms with E-state index in [1.165, 1.54) is 6.92 Å². The van der Waals surface area contributed by atoms with Gasteiger partial charge in [0.05, 0.1) is 13.7 Å². The number of hydrogen-bond acceptors (Lipinski definition) is 4. The summed E-state index contributed by atoms with van der Waals surface area (Å²) in [6.07, 6.45) is 0.718. The van der Waals surface area contributed by atoms with Crippen molar-refractivity contribution >= 4 is 11.9 Å². The topological polar surface area (TPSA) is 84.9 Å². The third-order valence-corrected chi connectivity index (χ3v) is 2.92. The van der Waals surface area contributed by atoms with Gasteiger partial charge in [-0.05, 0) is 38.0 Å². The summed E-state index contributed by atoms with van der Waals surface area (Å²) in [7, 11) is 1.56. The number of nitrogens with one attached hydrogen (secondary N) is 1. The van der Waals surface area contributed by atoms with Gasteiger partial charge in [0.15, 0.2) is 11.5 Å². The molecule has 1 unspecified atom stereocenters. The van der Waals surface area contributed by atoms with E-state index in [1.54, 1.807) is 13.2 Å². The van der Waals surface area contributed by atoms with E-state index in [-0.39, 0.29) is 12.3 Å². The van der Waals surface area contributed by atoms with Crippen LogP contribution in [0.4, 0.5) is 0 Å². The largest absolute Gasteiger partial charge is 0.493 e. The summed E-state index contributed by atoms with van der Waals surface area (Å²) in [6.45, 7) is 3.87. The zero-order valence-electron chi connectivity index (χ0n) is 12.5. The number of aryl methyl sites for hydroxylation is 1. The maximum atomic E-state index is 11.6. The Balaban J connectivity index is 2.59. The van der Waals surface area contributed by atoms with E-state index in [4.69, 9.17) is 14.6 Å². The lowest BCUT2D eigenvalue weighted by atomic mass is 10.1. The van der Waals surface area contributed by atoms with Crippen molar-refractivity contribution in [1.82, 2.24) is 5.32 Å². The maximum Gasteiger partial charge on any atom is 0.325 e. The Bertz CT molecular complexity index is 501. The van der Waals surface area contributed by atoms with E-state index in [2.05, 4.69) is 5.32 Å². The molecule has 1 aromatic rings. The van der Waals surface area contributed by atoms with Crippen LogP contribution >= 0.6 is 0 Å². The average Bonchev–Trinajstić information content (AvgIpc) is 2.46. The van der Waals surface area contributed by atoms with Crippen molar-refractivity contribution in [3.8, 4) is 11.5 Å². The number of carboxylic acids is 1. The van der Waals surface area contributed by atoms with Crippen molar-refractivity contribution in [3.63, 3.8) is 0 Å². The molecule has 6 heteroatoms. The second-order valence-electron chi connectivity index (χ2n) is 4.55. The monoisotopic (exact) mass is 295 g/mol. The third kappa shape index (κ3) is 5.33. The molecule has 21 heavy (non-hydrogen) atoms. The Labute approximate surface area is 124 Å². The van der Waals surface area contributed by atoms with Crippen molar-refractivity contribution < 1.29 is 24.2 Å². The van der Waals surface area contributed by atoms with Crippen molar-refractivity contribution in [3.05, 3.63) is 23.8 Å². The molecule has 116 valence electrons. The quantitative estimate of drug-likeness (QED) is 0.761. The first-order valence-electron chi connectivity index (χ1n) is 6.79. The molecule has 0 spiro atoms.